The van der Waals surface area contributed by atoms with Gasteiger partial charge in [-0.1, -0.05) is 25.0 Å². The van der Waals surface area contributed by atoms with E-state index in [0.717, 1.165) is 55.6 Å². The van der Waals surface area contributed by atoms with Crippen molar-refractivity contribution in [3.63, 3.8) is 0 Å². The molecule has 0 N–H and O–H groups in total. The minimum Gasteiger partial charge on any atom is -0.206 e. The van der Waals surface area contributed by atoms with Crippen molar-refractivity contribution in [3.05, 3.63) is 47.0 Å². The average molecular weight is 549 g/mol. The summed E-state index contributed by atoms with van der Waals surface area (Å²) in [7, 11) is 0. The molecule has 1 saturated heterocycles. The summed E-state index contributed by atoms with van der Waals surface area (Å²) in [5, 5.41) is -4.04. The molecule has 2 aliphatic carbocycles. The molecule has 0 amide bonds. The fourth-order valence-electron chi connectivity index (χ4n) is 6.35. The van der Waals surface area contributed by atoms with Gasteiger partial charge in [0.15, 0.2) is 0 Å². The Morgan fingerprint density at radius 1 is 0.886 bits per heavy atom. The van der Waals surface area contributed by atoms with Crippen molar-refractivity contribution in [1.29, 1.82) is 0 Å². The van der Waals surface area contributed by atoms with Crippen LogP contribution in [-0.2, 0) is 5.38 Å². The summed E-state index contributed by atoms with van der Waals surface area (Å²) in [5.41, 5.74) is -0.864. The number of rotatable bonds is 7. The van der Waals surface area contributed by atoms with Gasteiger partial charge in [-0.25, -0.2) is 8.78 Å². The molecule has 0 nitrogen and oxygen atoms in total. The summed E-state index contributed by atoms with van der Waals surface area (Å²) in [6.07, 6.45) is 16.3. The van der Waals surface area contributed by atoms with E-state index in [2.05, 4.69) is 42.6 Å². The van der Waals surface area contributed by atoms with E-state index >= 15 is 0 Å². The molecule has 2 saturated carbocycles. The molecule has 7 heteroatoms. The van der Waals surface area contributed by atoms with E-state index in [1.165, 1.54) is 50.0 Å². The second-order valence-corrected chi connectivity index (χ2v) is 13.8. The highest BCUT2D eigenvalue weighted by Gasteiger charge is 2.38. The lowest BCUT2D eigenvalue weighted by Crippen LogP contribution is -2.31. The highest BCUT2D eigenvalue weighted by atomic mass is 35.5. The number of hydrogen-bond donors (Lipinski definition) is 0. The molecule has 35 heavy (non-hydrogen) atoms. The van der Waals surface area contributed by atoms with E-state index in [0.29, 0.717) is 16.1 Å². The molecule has 0 bridgehead atoms. The molecule has 1 aliphatic heterocycles. The maximum Gasteiger partial charge on any atom is 0.353 e. The van der Waals surface area contributed by atoms with Gasteiger partial charge in [0.2, 0.25) is 0 Å². The van der Waals surface area contributed by atoms with Crippen LogP contribution in [0.15, 0.2) is 24.3 Å². The highest BCUT2D eigenvalue weighted by Crippen LogP contribution is 2.49. The first-order valence-electron chi connectivity index (χ1n) is 13.2. The van der Waals surface area contributed by atoms with Crippen LogP contribution in [0, 0.1) is 35.3 Å². The lowest BCUT2D eigenvalue weighted by molar-refractivity contribution is 0.0858. The molecular formula is C28H37ClF4S2. The second-order valence-electron chi connectivity index (χ2n) is 10.7. The second kappa shape index (κ2) is 12.5. The van der Waals surface area contributed by atoms with Gasteiger partial charge >= 0.3 is 5.38 Å². The van der Waals surface area contributed by atoms with Gasteiger partial charge in [-0.05, 0) is 129 Å². The summed E-state index contributed by atoms with van der Waals surface area (Å²) in [5.74, 6) is 3.28. The molecule has 0 unspecified atom stereocenters. The third-order valence-electron chi connectivity index (χ3n) is 8.46. The summed E-state index contributed by atoms with van der Waals surface area (Å²) >= 11 is 9.14. The molecule has 4 rings (SSSR count). The molecule has 3 aliphatic rings. The van der Waals surface area contributed by atoms with Crippen molar-refractivity contribution in [3.8, 4) is 0 Å². The van der Waals surface area contributed by atoms with Gasteiger partial charge in [0, 0.05) is 0 Å². The van der Waals surface area contributed by atoms with Crippen molar-refractivity contribution in [1.82, 2.24) is 0 Å². The van der Waals surface area contributed by atoms with E-state index < -0.39 is 22.6 Å². The standard InChI is InChI=1S/C28H37ClF4S2/c1-2-3-4-5-18-6-8-20(9-7-18)23-16-34-27(35-17-23)21-12-10-19(11-13-21)22-14-24(30)26(25(31)15-22)28(29,32)33/h2-3,14-15,18-21,23,27H,4-13,16-17H2,1H3/b3-2+. The Bertz CT molecular complexity index is 824. The van der Waals surface area contributed by atoms with Gasteiger partial charge in [0.05, 0.1) is 4.58 Å². The number of allylic oxidation sites excluding steroid dienone is 2. The Morgan fingerprint density at radius 3 is 2.00 bits per heavy atom. The highest BCUT2D eigenvalue weighted by molar-refractivity contribution is 8.17. The van der Waals surface area contributed by atoms with Crippen LogP contribution in [0.2, 0.25) is 0 Å². The Morgan fingerprint density at radius 2 is 1.46 bits per heavy atom. The predicted molar refractivity (Wildman–Crippen MR) is 142 cm³/mol. The summed E-state index contributed by atoms with van der Waals surface area (Å²) in [6.45, 7) is 2.10. The van der Waals surface area contributed by atoms with Crippen LogP contribution in [0.4, 0.5) is 17.6 Å². The Hall–Kier alpha value is -0.330. The zero-order chi connectivity index (χ0) is 25.0. The Kier molecular flexibility index (Phi) is 9.87. The first kappa shape index (κ1) is 27.7. The van der Waals surface area contributed by atoms with E-state index in [4.69, 9.17) is 11.6 Å². The van der Waals surface area contributed by atoms with Gasteiger partial charge in [-0.15, -0.1) is 23.5 Å². The van der Waals surface area contributed by atoms with Crippen molar-refractivity contribution in [2.24, 2.45) is 23.7 Å². The van der Waals surface area contributed by atoms with Gasteiger partial charge in [-0.3, -0.25) is 0 Å². The molecular weight excluding hydrogens is 512 g/mol. The quantitative estimate of drug-likeness (QED) is 0.189. The van der Waals surface area contributed by atoms with E-state index in [9.17, 15) is 17.6 Å². The smallest absolute Gasteiger partial charge is 0.206 e. The molecule has 0 radical (unpaired) electrons. The molecule has 1 aromatic carbocycles. The van der Waals surface area contributed by atoms with Crippen LogP contribution in [-0.4, -0.2) is 16.1 Å². The lowest BCUT2D eigenvalue weighted by Gasteiger charge is -2.40. The molecule has 196 valence electrons. The van der Waals surface area contributed by atoms with Crippen LogP contribution < -0.4 is 0 Å². The number of benzene rings is 1. The van der Waals surface area contributed by atoms with Gasteiger partial charge in [0.1, 0.15) is 17.2 Å². The first-order chi connectivity index (χ1) is 16.8. The first-order valence-corrected chi connectivity index (χ1v) is 15.6. The monoisotopic (exact) mass is 548 g/mol. The van der Waals surface area contributed by atoms with E-state index in [1.807, 2.05) is 0 Å². The fraction of sp³-hybridized carbons (Fsp3) is 0.714. The zero-order valence-electron chi connectivity index (χ0n) is 20.5. The number of hydrogen-bond acceptors (Lipinski definition) is 2. The van der Waals surface area contributed by atoms with Gasteiger partial charge in [-0.2, -0.15) is 8.78 Å². The van der Waals surface area contributed by atoms with Crippen LogP contribution in [0.3, 0.4) is 0 Å². The van der Waals surface area contributed by atoms with Gasteiger partial charge < -0.3 is 0 Å². The number of thioether (sulfide) groups is 2. The minimum absolute atomic E-state index is 0.0163. The average Bonchev–Trinajstić information content (AvgIpc) is 2.84. The lowest BCUT2D eigenvalue weighted by atomic mass is 9.75. The van der Waals surface area contributed by atoms with Crippen molar-refractivity contribution < 1.29 is 17.6 Å². The van der Waals surface area contributed by atoms with E-state index in [-0.39, 0.29) is 5.92 Å². The summed E-state index contributed by atoms with van der Waals surface area (Å²) in [6, 6.07) is 2.12. The Labute approximate surface area is 221 Å². The molecule has 1 heterocycles. The maximum absolute atomic E-state index is 14.2. The summed E-state index contributed by atoms with van der Waals surface area (Å²) in [4.78, 5) is 0. The van der Waals surface area contributed by atoms with Crippen LogP contribution in [0.5, 0.6) is 0 Å². The number of alkyl halides is 3. The summed E-state index contributed by atoms with van der Waals surface area (Å²) < 4.78 is 55.6. The third-order valence-corrected chi connectivity index (χ3v) is 12.1. The third kappa shape index (κ3) is 7.16. The molecule has 0 aromatic heterocycles. The minimum atomic E-state index is -4.04. The van der Waals surface area contributed by atoms with Crippen molar-refractivity contribution in [2.75, 3.05) is 11.5 Å². The van der Waals surface area contributed by atoms with Crippen LogP contribution in [0.1, 0.15) is 88.2 Å². The normalized spacial score (nSPS) is 32.7. The zero-order valence-corrected chi connectivity index (χ0v) is 22.9. The predicted octanol–water partition coefficient (Wildman–Crippen LogP) is 10.1. The van der Waals surface area contributed by atoms with Gasteiger partial charge in [0.25, 0.3) is 0 Å². The van der Waals surface area contributed by atoms with Crippen LogP contribution >= 0.6 is 35.1 Å². The van der Waals surface area contributed by atoms with E-state index in [1.54, 1.807) is 0 Å². The van der Waals surface area contributed by atoms with Crippen molar-refractivity contribution >= 4 is 35.1 Å². The Balaban J connectivity index is 1.22. The molecule has 3 fully saturated rings. The largest absolute Gasteiger partial charge is 0.353 e. The molecule has 0 spiro atoms. The molecule has 0 atom stereocenters. The maximum atomic E-state index is 14.2. The SMILES string of the molecule is C/C=C/CCC1CCC(C2CSC(C3CCC(c4cc(F)c(C(F)(F)Cl)c(F)c4)CC3)SC2)CC1. The molecule has 1 aromatic rings. The van der Waals surface area contributed by atoms with Crippen molar-refractivity contribution in [2.45, 2.75) is 87.0 Å². The topological polar surface area (TPSA) is 0 Å². The number of halogens is 5. The van der Waals surface area contributed by atoms with Crippen LogP contribution in [0.25, 0.3) is 0 Å². The fourth-order valence-corrected chi connectivity index (χ4v) is 10.3.